The Bertz CT molecular complexity index is 394. The van der Waals surface area contributed by atoms with E-state index in [1.807, 2.05) is 6.92 Å². The summed E-state index contributed by atoms with van der Waals surface area (Å²) >= 11 is 12.0. The fraction of sp³-hybridized carbons (Fsp3) is 0.462. The van der Waals surface area contributed by atoms with Crippen LogP contribution in [0.4, 0.5) is 0 Å². The molecule has 0 amide bonds. The van der Waals surface area contributed by atoms with Crippen LogP contribution in [0.3, 0.4) is 0 Å². The lowest BCUT2D eigenvalue weighted by atomic mass is 9.96. The number of carbonyl (C=O) groups excluding carboxylic acids is 1. The fourth-order valence-electron chi connectivity index (χ4n) is 1.52. The van der Waals surface area contributed by atoms with Gasteiger partial charge in [0.1, 0.15) is 5.60 Å². The second-order valence-electron chi connectivity index (χ2n) is 4.24. The maximum atomic E-state index is 12.1. The standard InChI is InChI=1S/C13H16Cl2O2/c1-4-17-13(2,3)12(16)8-9-10(14)6-5-7-11(9)15/h5-7H,4,8H2,1-3H3. The molecular formula is C13H16Cl2O2. The van der Waals surface area contributed by atoms with Crippen molar-refractivity contribution in [2.75, 3.05) is 6.61 Å². The van der Waals surface area contributed by atoms with E-state index in [0.717, 1.165) is 0 Å². The molecule has 0 saturated heterocycles. The second kappa shape index (κ2) is 5.85. The van der Waals surface area contributed by atoms with Crippen molar-refractivity contribution in [3.63, 3.8) is 0 Å². The Hall–Kier alpha value is -0.570. The molecule has 0 aromatic heterocycles. The predicted molar refractivity (Wildman–Crippen MR) is 70.9 cm³/mol. The van der Waals surface area contributed by atoms with Crippen molar-refractivity contribution in [1.29, 1.82) is 0 Å². The number of ether oxygens (including phenoxy) is 1. The highest BCUT2D eigenvalue weighted by Crippen LogP contribution is 2.26. The van der Waals surface area contributed by atoms with Gasteiger partial charge in [-0.3, -0.25) is 4.79 Å². The normalized spacial score (nSPS) is 11.6. The second-order valence-corrected chi connectivity index (χ2v) is 5.06. The zero-order chi connectivity index (χ0) is 13.1. The third kappa shape index (κ3) is 3.70. The van der Waals surface area contributed by atoms with E-state index in [2.05, 4.69) is 0 Å². The summed E-state index contributed by atoms with van der Waals surface area (Å²) in [5.74, 6) is -0.0330. The summed E-state index contributed by atoms with van der Waals surface area (Å²) in [6, 6.07) is 5.21. The lowest BCUT2D eigenvalue weighted by Crippen LogP contribution is -2.36. The lowest BCUT2D eigenvalue weighted by molar-refractivity contribution is -0.139. The minimum atomic E-state index is -0.808. The smallest absolute Gasteiger partial charge is 0.168 e. The van der Waals surface area contributed by atoms with Gasteiger partial charge in [-0.25, -0.2) is 0 Å². The molecule has 0 spiro atoms. The van der Waals surface area contributed by atoms with Gasteiger partial charge in [-0.05, 0) is 38.5 Å². The van der Waals surface area contributed by atoms with Crippen LogP contribution in [-0.4, -0.2) is 18.0 Å². The molecule has 2 nitrogen and oxygen atoms in total. The first-order valence-electron chi connectivity index (χ1n) is 5.48. The maximum Gasteiger partial charge on any atom is 0.168 e. The Balaban J connectivity index is 2.88. The van der Waals surface area contributed by atoms with Crippen molar-refractivity contribution < 1.29 is 9.53 Å². The highest BCUT2D eigenvalue weighted by atomic mass is 35.5. The summed E-state index contributed by atoms with van der Waals surface area (Å²) in [5.41, 5.74) is -0.148. The molecule has 0 aliphatic carbocycles. The van der Waals surface area contributed by atoms with E-state index in [1.165, 1.54) is 0 Å². The largest absolute Gasteiger partial charge is 0.368 e. The van der Waals surface area contributed by atoms with Gasteiger partial charge in [0.25, 0.3) is 0 Å². The van der Waals surface area contributed by atoms with Crippen LogP contribution in [0.5, 0.6) is 0 Å². The van der Waals surface area contributed by atoms with E-state index in [0.29, 0.717) is 22.2 Å². The van der Waals surface area contributed by atoms with Gasteiger partial charge >= 0.3 is 0 Å². The van der Waals surface area contributed by atoms with Gasteiger partial charge in [-0.1, -0.05) is 29.3 Å². The van der Waals surface area contributed by atoms with Gasteiger partial charge < -0.3 is 4.74 Å². The molecule has 1 aromatic carbocycles. The molecule has 0 unspecified atom stereocenters. The number of halogens is 2. The molecule has 0 aliphatic heterocycles. The number of hydrogen-bond donors (Lipinski definition) is 0. The van der Waals surface area contributed by atoms with Crippen molar-refractivity contribution in [3.05, 3.63) is 33.8 Å². The van der Waals surface area contributed by atoms with Gasteiger partial charge in [0.2, 0.25) is 0 Å². The molecule has 0 heterocycles. The van der Waals surface area contributed by atoms with Gasteiger partial charge in [0.05, 0.1) is 0 Å². The van der Waals surface area contributed by atoms with Crippen LogP contribution in [0.15, 0.2) is 18.2 Å². The minimum Gasteiger partial charge on any atom is -0.368 e. The highest BCUT2D eigenvalue weighted by Gasteiger charge is 2.28. The Morgan fingerprint density at radius 2 is 1.82 bits per heavy atom. The molecule has 0 radical (unpaired) electrons. The van der Waals surface area contributed by atoms with E-state index < -0.39 is 5.60 Å². The number of Topliss-reactive ketones (excluding diaryl/α,β-unsaturated/α-hetero) is 1. The molecule has 0 aliphatic rings. The summed E-state index contributed by atoms with van der Waals surface area (Å²) in [6.07, 6.45) is 0.186. The molecule has 0 N–H and O–H groups in total. The molecular weight excluding hydrogens is 259 g/mol. The van der Waals surface area contributed by atoms with Gasteiger partial charge in [0, 0.05) is 23.1 Å². The first-order valence-corrected chi connectivity index (χ1v) is 6.24. The number of benzene rings is 1. The van der Waals surface area contributed by atoms with E-state index in [9.17, 15) is 4.79 Å². The molecule has 0 bridgehead atoms. The average Bonchev–Trinajstić information content (AvgIpc) is 2.23. The monoisotopic (exact) mass is 274 g/mol. The lowest BCUT2D eigenvalue weighted by Gasteiger charge is -2.23. The fourth-order valence-corrected chi connectivity index (χ4v) is 2.05. The van der Waals surface area contributed by atoms with Crippen LogP contribution in [-0.2, 0) is 16.0 Å². The summed E-state index contributed by atoms with van der Waals surface area (Å²) in [4.78, 5) is 12.1. The Morgan fingerprint density at radius 1 is 1.29 bits per heavy atom. The van der Waals surface area contributed by atoms with Gasteiger partial charge in [-0.15, -0.1) is 0 Å². The average molecular weight is 275 g/mol. The Labute approximate surface area is 112 Å². The predicted octanol–water partition coefficient (Wildman–Crippen LogP) is 3.92. The van der Waals surface area contributed by atoms with Crippen molar-refractivity contribution >= 4 is 29.0 Å². The Morgan fingerprint density at radius 3 is 2.29 bits per heavy atom. The number of ketones is 1. The first-order chi connectivity index (χ1) is 7.88. The molecule has 0 atom stereocenters. The molecule has 1 rings (SSSR count). The maximum absolute atomic E-state index is 12.1. The van der Waals surface area contributed by atoms with Crippen LogP contribution >= 0.6 is 23.2 Å². The Kier molecular flexibility index (Phi) is 4.99. The molecule has 0 fully saturated rings. The number of carbonyl (C=O) groups is 1. The summed E-state index contributed by atoms with van der Waals surface area (Å²) in [6.45, 7) is 5.86. The van der Waals surface area contributed by atoms with Crippen LogP contribution in [0, 0.1) is 0 Å². The van der Waals surface area contributed by atoms with Crippen molar-refractivity contribution in [2.24, 2.45) is 0 Å². The topological polar surface area (TPSA) is 26.3 Å². The third-order valence-electron chi connectivity index (χ3n) is 2.58. The number of hydrogen-bond acceptors (Lipinski definition) is 2. The van der Waals surface area contributed by atoms with Crippen molar-refractivity contribution in [2.45, 2.75) is 32.8 Å². The number of rotatable bonds is 5. The molecule has 4 heteroatoms. The van der Waals surface area contributed by atoms with Crippen molar-refractivity contribution in [3.8, 4) is 0 Å². The van der Waals surface area contributed by atoms with Gasteiger partial charge in [0.15, 0.2) is 5.78 Å². The molecule has 0 saturated carbocycles. The molecule has 94 valence electrons. The molecule has 17 heavy (non-hydrogen) atoms. The quantitative estimate of drug-likeness (QED) is 0.814. The minimum absolute atomic E-state index is 0.0330. The van der Waals surface area contributed by atoms with E-state index >= 15 is 0 Å². The third-order valence-corrected chi connectivity index (χ3v) is 3.28. The molecule has 1 aromatic rings. The zero-order valence-corrected chi connectivity index (χ0v) is 11.7. The van der Waals surface area contributed by atoms with Crippen LogP contribution in [0.1, 0.15) is 26.3 Å². The SMILES string of the molecule is CCOC(C)(C)C(=O)Cc1c(Cl)cccc1Cl. The summed E-state index contributed by atoms with van der Waals surface area (Å²) in [5, 5.41) is 1.02. The summed E-state index contributed by atoms with van der Waals surface area (Å²) in [7, 11) is 0. The van der Waals surface area contributed by atoms with Crippen LogP contribution in [0.2, 0.25) is 10.0 Å². The van der Waals surface area contributed by atoms with E-state index in [-0.39, 0.29) is 12.2 Å². The van der Waals surface area contributed by atoms with Crippen LogP contribution in [0.25, 0.3) is 0 Å². The zero-order valence-electron chi connectivity index (χ0n) is 10.2. The highest BCUT2D eigenvalue weighted by molar-refractivity contribution is 6.36. The van der Waals surface area contributed by atoms with E-state index in [4.69, 9.17) is 27.9 Å². The first kappa shape index (κ1) is 14.5. The van der Waals surface area contributed by atoms with E-state index in [1.54, 1.807) is 32.0 Å². The van der Waals surface area contributed by atoms with Gasteiger partial charge in [-0.2, -0.15) is 0 Å². The van der Waals surface area contributed by atoms with Crippen LogP contribution < -0.4 is 0 Å². The van der Waals surface area contributed by atoms with Crippen molar-refractivity contribution in [1.82, 2.24) is 0 Å². The summed E-state index contributed by atoms with van der Waals surface area (Å²) < 4.78 is 5.41.